The normalized spacial score (nSPS) is 10.6. The van der Waals surface area contributed by atoms with Crippen LogP contribution in [0.1, 0.15) is 21.8 Å². The van der Waals surface area contributed by atoms with Crippen LogP contribution in [0.4, 0.5) is 0 Å². The monoisotopic (exact) mass is 324 g/mol. The SMILES string of the molecule is Cc1cnn(Cc2cc(C(=O)NCCSCC(=O)O)no2)c1. The van der Waals surface area contributed by atoms with Crippen LogP contribution in [0.5, 0.6) is 0 Å². The van der Waals surface area contributed by atoms with Crippen LogP contribution in [0.15, 0.2) is 23.0 Å². The second-order valence-electron chi connectivity index (χ2n) is 4.60. The lowest BCUT2D eigenvalue weighted by Crippen LogP contribution is -2.26. The molecule has 0 saturated heterocycles. The molecule has 0 unspecified atom stereocenters. The number of nitrogens with zero attached hydrogens (tertiary/aromatic N) is 3. The quantitative estimate of drug-likeness (QED) is 0.690. The second kappa shape index (κ2) is 7.64. The summed E-state index contributed by atoms with van der Waals surface area (Å²) in [6.45, 7) is 2.71. The first kappa shape index (κ1) is 16.1. The molecule has 0 aliphatic rings. The van der Waals surface area contributed by atoms with Gasteiger partial charge in [-0.05, 0) is 12.5 Å². The Morgan fingerprint density at radius 1 is 1.50 bits per heavy atom. The number of carbonyl (C=O) groups is 2. The molecule has 0 aromatic carbocycles. The number of aliphatic carboxylic acids is 1. The van der Waals surface area contributed by atoms with Crippen molar-refractivity contribution in [3.8, 4) is 0 Å². The summed E-state index contributed by atoms with van der Waals surface area (Å²) in [5.41, 5.74) is 1.23. The van der Waals surface area contributed by atoms with E-state index < -0.39 is 5.97 Å². The van der Waals surface area contributed by atoms with Gasteiger partial charge in [-0.25, -0.2) is 0 Å². The molecule has 0 aliphatic carbocycles. The lowest BCUT2D eigenvalue weighted by atomic mass is 10.3. The molecule has 0 spiro atoms. The molecule has 1 amide bonds. The van der Waals surface area contributed by atoms with Crippen LogP contribution in [-0.4, -0.2) is 50.0 Å². The number of hydrogen-bond donors (Lipinski definition) is 2. The van der Waals surface area contributed by atoms with E-state index in [4.69, 9.17) is 9.63 Å². The van der Waals surface area contributed by atoms with Gasteiger partial charge in [0.25, 0.3) is 5.91 Å². The van der Waals surface area contributed by atoms with Crippen molar-refractivity contribution in [2.45, 2.75) is 13.5 Å². The fourth-order valence-corrected chi connectivity index (χ4v) is 2.26. The van der Waals surface area contributed by atoms with Crippen LogP contribution in [0, 0.1) is 6.92 Å². The molecule has 8 nitrogen and oxygen atoms in total. The largest absolute Gasteiger partial charge is 0.481 e. The molecule has 0 atom stereocenters. The highest BCUT2D eigenvalue weighted by atomic mass is 32.2. The summed E-state index contributed by atoms with van der Waals surface area (Å²) in [5, 5.41) is 19.0. The van der Waals surface area contributed by atoms with Gasteiger partial charge in [0, 0.05) is 24.6 Å². The Balaban J connectivity index is 1.78. The fraction of sp³-hybridized carbons (Fsp3) is 0.385. The van der Waals surface area contributed by atoms with Crippen molar-refractivity contribution in [3.63, 3.8) is 0 Å². The minimum Gasteiger partial charge on any atom is -0.481 e. The van der Waals surface area contributed by atoms with Gasteiger partial charge in [-0.1, -0.05) is 5.16 Å². The Bertz CT molecular complexity index is 652. The molecular weight excluding hydrogens is 308 g/mol. The molecular formula is C13H16N4O4S. The Morgan fingerprint density at radius 3 is 3.00 bits per heavy atom. The number of nitrogens with one attached hydrogen (secondary N) is 1. The van der Waals surface area contributed by atoms with Crippen molar-refractivity contribution in [1.29, 1.82) is 0 Å². The zero-order valence-corrected chi connectivity index (χ0v) is 12.8. The van der Waals surface area contributed by atoms with Gasteiger partial charge in [0.1, 0.15) is 6.54 Å². The predicted octanol–water partition coefficient (Wildman–Crippen LogP) is 0.775. The smallest absolute Gasteiger partial charge is 0.313 e. The summed E-state index contributed by atoms with van der Waals surface area (Å²) < 4.78 is 6.80. The van der Waals surface area contributed by atoms with Crippen molar-refractivity contribution >= 4 is 23.6 Å². The summed E-state index contributed by atoms with van der Waals surface area (Å²) in [7, 11) is 0. The number of carboxylic acid groups (broad SMARTS) is 1. The molecule has 118 valence electrons. The third kappa shape index (κ3) is 4.92. The molecule has 2 aromatic rings. The van der Waals surface area contributed by atoms with Crippen molar-refractivity contribution in [1.82, 2.24) is 20.3 Å². The lowest BCUT2D eigenvalue weighted by Gasteiger charge is -2.01. The number of aromatic nitrogens is 3. The van der Waals surface area contributed by atoms with E-state index in [1.54, 1.807) is 16.9 Å². The molecule has 2 aromatic heterocycles. The highest BCUT2D eigenvalue weighted by molar-refractivity contribution is 7.99. The summed E-state index contributed by atoms with van der Waals surface area (Å²) >= 11 is 1.24. The standard InChI is InChI=1S/C13H16N4O4S/c1-9-5-15-17(6-9)7-10-4-11(16-21-10)13(20)14-2-3-22-8-12(18)19/h4-6H,2-3,7-8H2,1H3,(H,14,20)(H,18,19). The van der Waals surface area contributed by atoms with Crippen molar-refractivity contribution in [2.24, 2.45) is 0 Å². The maximum Gasteiger partial charge on any atom is 0.313 e. The first-order chi connectivity index (χ1) is 10.5. The van der Waals surface area contributed by atoms with Gasteiger partial charge >= 0.3 is 5.97 Å². The van der Waals surface area contributed by atoms with Crippen molar-refractivity contribution in [3.05, 3.63) is 35.5 Å². The summed E-state index contributed by atoms with van der Waals surface area (Å²) in [5.74, 6) is -0.134. The maximum absolute atomic E-state index is 11.8. The summed E-state index contributed by atoms with van der Waals surface area (Å²) in [6.07, 6.45) is 3.60. The Kier molecular flexibility index (Phi) is 5.59. The van der Waals surface area contributed by atoms with Crippen LogP contribution in [0.2, 0.25) is 0 Å². The third-order valence-electron chi connectivity index (χ3n) is 2.63. The van der Waals surface area contributed by atoms with Gasteiger partial charge in [-0.15, -0.1) is 11.8 Å². The highest BCUT2D eigenvalue weighted by Crippen LogP contribution is 2.06. The van der Waals surface area contributed by atoms with Gasteiger partial charge in [-0.3, -0.25) is 14.3 Å². The molecule has 22 heavy (non-hydrogen) atoms. The number of carbonyl (C=O) groups excluding carboxylic acids is 1. The molecule has 2 rings (SSSR count). The summed E-state index contributed by atoms with van der Waals surface area (Å²) in [6, 6.07) is 1.57. The van der Waals surface area contributed by atoms with Crippen LogP contribution in [-0.2, 0) is 11.3 Å². The van der Waals surface area contributed by atoms with Crippen LogP contribution in [0.3, 0.4) is 0 Å². The van der Waals surface area contributed by atoms with Gasteiger partial charge in [0.2, 0.25) is 0 Å². The first-order valence-corrected chi connectivity index (χ1v) is 7.72. The van der Waals surface area contributed by atoms with E-state index in [0.717, 1.165) is 5.56 Å². The van der Waals surface area contributed by atoms with Gasteiger partial charge in [-0.2, -0.15) is 5.10 Å². The Labute approximate surface area is 130 Å². The van der Waals surface area contributed by atoms with Crippen molar-refractivity contribution < 1.29 is 19.2 Å². The molecule has 0 aliphatic heterocycles. The molecule has 0 bridgehead atoms. The second-order valence-corrected chi connectivity index (χ2v) is 5.70. The molecule has 0 saturated carbocycles. The molecule has 9 heteroatoms. The van der Waals surface area contributed by atoms with E-state index in [-0.39, 0.29) is 17.4 Å². The van der Waals surface area contributed by atoms with Crippen molar-refractivity contribution in [2.75, 3.05) is 18.1 Å². The average Bonchev–Trinajstić information content (AvgIpc) is 3.08. The maximum atomic E-state index is 11.8. The van der Waals surface area contributed by atoms with Crippen LogP contribution in [0.25, 0.3) is 0 Å². The molecule has 0 radical (unpaired) electrons. The number of thioether (sulfide) groups is 1. The van der Waals surface area contributed by atoms with Gasteiger partial charge < -0.3 is 14.9 Å². The predicted molar refractivity (Wildman–Crippen MR) is 79.9 cm³/mol. The van der Waals surface area contributed by atoms with E-state index in [2.05, 4.69) is 15.6 Å². The number of aryl methyl sites for hydroxylation is 1. The van der Waals surface area contributed by atoms with E-state index in [1.165, 1.54) is 11.8 Å². The zero-order valence-electron chi connectivity index (χ0n) is 12.0. The Hall–Kier alpha value is -2.29. The fourth-order valence-electron chi connectivity index (χ4n) is 1.69. The topological polar surface area (TPSA) is 110 Å². The third-order valence-corrected chi connectivity index (χ3v) is 3.57. The molecule has 2 heterocycles. The van der Waals surface area contributed by atoms with Crippen LogP contribution >= 0.6 is 11.8 Å². The average molecular weight is 324 g/mol. The Morgan fingerprint density at radius 2 is 2.32 bits per heavy atom. The molecule has 2 N–H and O–H groups in total. The number of hydrogen-bond acceptors (Lipinski definition) is 6. The number of rotatable bonds is 8. The van der Waals surface area contributed by atoms with Gasteiger partial charge in [0.05, 0.1) is 11.9 Å². The zero-order chi connectivity index (χ0) is 15.9. The van der Waals surface area contributed by atoms with Gasteiger partial charge in [0.15, 0.2) is 11.5 Å². The van der Waals surface area contributed by atoms with Crippen LogP contribution < -0.4 is 5.32 Å². The van der Waals surface area contributed by atoms with E-state index in [0.29, 0.717) is 24.6 Å². The van der Waals surface area contributed by atoms with E-state index >= 15 is 0 Å². The number of amides is 1. The summed E-state index contributed by atoms with van der Waals surface area (Å²) in [4.78, 5) is 22.2. The minimum atomic E-state index is -0.869. The number of carboxylic acids is 1. The lowest BCUT2D eigenvalue weighted by molar-refractivity contribution is -0.133. The highest BCUT2D eigenvalue weighted by Gasteiger charge is 2.12. The van der Waals surface area contributed by atoms with E-state index in [9.17, 15) is 9.59 Å². The minimum absolute atomic E-state index is 0.0211. The molecule has 0 fully saturated rings. The van der Waals surface area contributed by atoms with E-state index in [1.807, 2.05) is 13.1 Å². The first-order valence-electron chi connectivity index (χ1n) is 6.57.